The zero-order valence-electron chi connectivity index (χ0n) is 18.0. The van der Waals surface area contributed by atoms with Crippen molar-refractivity contribution in [2.24, 2.45) is 0 Å². The maximum absolute atomic E-state index is 12.7. The molecule has 0 atom stereocenters. The molecule has 0 aliphatic rings. The van der Waals surface area contributed by atoms with Gasteiger partial charge in [0.25, 0.3) is 0 Å². The third-order valence-electron chi connectivity index (χ3n) is 5.73. The van der Waals surface area contributed by atoms with Crippen molar-refractivity contribution < 1.29 is 4.79 Å². The summed E-state index contributed by atoms with van der Waals surface area (Å²) < 4.78 is 3.13. The van der Waals surface area contributed by atoms with Crippen LogP contribution in [0.2, 0.25) is 0 Å². The van der Waals surface area contributed by atoms with Crippen LogP contribution in [0.4, 0.5) is 0 Å². The summed E-state index contributed by atoms with van der Waals surface area (Å²) in [6.45, 7) is 7.53. The van der Waals surface area contributed by atoms with E-state index in [0.29, 0.717) is 12.0 Å². The molecule has 0 saturated carbocycles. The van der Waals surface area contributed by atoms with Crippen LogP contribution in [0.1, 0.15) is 49.0 Å². The average molecular weight is 431 g/mol. The number of imidazole rings is 1. The van der Waals surface area contributed by atoms with Crippen LogP contribution in [-0.4, -0.2) is 39.7 Å². The normalized spacial score (nSPS) is 11.4. The lowest BCUT2D eigenvalue weighted by molar-refractivity contribution is 0.0978. The minimum atomic E-state index is 0.210. The van der Waals surface area contributed by atoms with Crippen LogP contribution in [0.25, 0.3) is 26.4 Å². The van der Waals surface area contributed by atoms with E-state index in [2.05, 4.69) is 29.2 Å². The molecule has 0 N–H and O–H groups in total. The maximum atomic E-state index is 12.7. The van der Waals surface area contributed by atoms with Crippen LogP contribution in [0.3, 0.4) is 0 Å². The molecular weight excluding hydrogens is 404 g/mol. The zero-order valence-corrected chi connectivity index (χ0v) is 18.8. The van der Waals surface area contributed by atoms with Crippen molar-refractivity contribution in [1.82, 2.24) is 14.3 Å². The van der Waals surface area contributed by atoms with Crippen molar-refractivity contribution >= 4 is 32.3 Å². The Kier molecular flexibility index (Phi) is 6.45. The Labute approximate surface area is 186 Å². The van der Waals surface area contributed by atoms with Crippen molar-refractivity contribution in [3.05, 3.63) is 59.8 Å². The number of rotatable bonds is 9. The highest BCUT2D eigenvalue weighted by Gasteiger charge is 2.13. The van der Waals surface area contributed by atoms with Gasteiger partial charge in [0.05, 0.1) is 27.5 Å². The molecule has 0 amide bonds. The molecular formula is C25H26N4OS. The van der Waals surface area contributed by atoms with Crippen LogP contribution in [0.5, 0.6) is 0 Å². The average Bonchev–Trinajstić information content (AvgIpc) is 3.36. The van der Waals surface area contributed by atoms with E-state index in [4.69, 9.17) is 10.2 Å². The lowest BCUT2D eigenvalue weighted by atomic mass is 10.1. The number of hydrogen-bond donors (Lipinski definition) is 0. The topological polar surface area (TPSA) is 61.4 Å². The molecule has 4 rings (SSSR count). The van der Waals surface area contributed by atoms with Crippen LogP contribution in [0, 0.1) is 11.3 Å². The summed E-state index contributed by atoms with van der Waals surface area (Å²) in [7, 11) is 0. The van der Waals surface area contributed by atoms with Crippen LogP contribution in [-0.2, 0) is 0 Å². The van der Waals surface area contributed by atoms with Crippen molar-refractivity contribution in [2.45, 2.75) is 33.1 Å². The van der Waals surface area contributed by atoms with Gasteiger partial charge in [0.15, 0.2) is 10.7 Å². The summed E-state index contributed by atoms with van der Waals surface area (Å²) in [4.78, 5) is 20.7. The van der Waals surface area contributed by atoms with Crippen molar-refractivity contribution in [3.8, 4) is 17.3 Å². The highest BCUT2D eigenvalue weighted by atomic mass is 32.1. The monoisotopic (exact) mass is 430 g/mol. The summed E-state index contributed by atoms with van der Waals surface area (Å²) in [5.74, 6) is 0.210. The minimum absolute atomic E-state index is 0.210. The predicted octanol–water partition coefficient (Wildman–Crippen LogP) is 5.78. The Balaban J connectivity index is 1.49. The third-order valence-corrected chi connectivity index (χ3v) is 6.74. The van der Waals surface area contributed by atoms with Gasteiger partial charge in [-0.3, -0.25) is 9.20 Å². The summed E-state index contributed by atoms with van der Waals surface area (Å²) in [6, 6.07) is 15.6. The highest BCUT2D eigenvalue weighted by molar-refractivity contribution is 7.23. The minimum Gasteiger partial charge on any atom is -0.304 e. The van der Waals surface area contributed by atoms with E-state index < -0.39 is 0 Å². The number of nitrogens with zero attached hydrogens (tertiary/aromatic N) is 4. The number of carbonyl (C=O) groups is 1. The first-order valence-corrected chi connectivity index (χ1v) is 11.6. The first kappa shape index (κ1) is 21.2. The molecule has 0 bridgehead atoms. The van der Waals surface area contributed by atoms with Crippen molar-refractivity contribution in [1.29, 1.82) is 5.26 Å². The molecule has 4 aromatic rings. The molecule has 2 heterocycles. The van der Waals surface area contributed by atoms with Crippen LogP contribution in [0.15, 0.2) is 48.7 Å². The number of hydrogen-bond acceptors (Lipinski definition) is 5. The molecule has 0 aliphatic heterocycles. The summed E-state index contributed by atoms with van der Waals surface area (Å²) in [5, 5.41) is 9.13. The van der Waals surface area contributed by atoms with Gasteiger partial charge in [0.2, 0.25) is 0 Å². The van der Waals surface area contributed by atoms with E-state index >= 15 is 0 Å². The first-order valence-electron chi connectivity index (χ1n) is 10.8. The number of fused-ring (bicyclic) bond motifs is 3. The van der Waals surface area contributed by atoms with E-state index in [1.807, 2.05) is 42.6 Å². The number of unbranched alkanes of at least 4 members (excludes halogenated alkanes) is 1. The van der Waals surface area contributed by atoms with Gasteiger partial charge in [-0.15, -0.1) is 0 Å². The largest absolute Gasteiger partial charge is 0.304 e. The predicted molar refractivity (Wildman–Crippen MR) is 127 cm³/mol. The second-order valence-electron chi connectivity index (χ2n) is 7.66. The highest BCUT2D eigenvalue weighted by Crippen LogP contribution is 2.30. The van der Waals surface area contributed by atoms with Gasteiger partial charge in [-0.05, 0) is 62.8 Å². The van der Waals surface area contributed by atoms with E-state index in [-0.39, 0.29) is 5.78 Å². The number of Topliss-reactive ketones (excluding diaryl/α,β-unsaturated/α-hetero) is 1. The summed E-state index contributed by atoms with van der Waals surface area (Å²) in [5.41, 5.74) is 4.23. The Morgan fingerprint density at radius 1 is 1.16 bits per heavy atom. The first-order chi connectivity index (χ1) is 15.1. The van der Waals surface area contributed by atoms with Crippen molar-refractivity contribution in [2.75, 3.05) is 19.6 Å². The van der Waals surface area contributed by atoms with Gasteiger partial charge in [-0.1, -0.05) is 37.3 Å². The lowest BCUT2D eigenvalue weighted by Crippen LogP contribution is -2.24. The number of nitriles is 1. The molecule has 0 aliphatic carbocycles. The Hall–Kier alpha value is -3.01. The van der Waals surface area contributed by atoms with Gasteiger partial charge in [0.1, 0.15) is 0 Å². The quantitative estimate of drug-likeness (QED) is 0.249. The zero-order chi connectivity index (χ0) is 21.8. The van der Waals surface area contributed by atoms with Gasteiger partial charge < -0.3 is 4.90 Å². The number of benzene rings is 2. The molecule has 0 saturated heterocycles. The number of thiazole rings is 1. The molecule has 2 aromatic heterocycles. The maximum Gasteiger partial charge on any atom is 0.195 e. The smallest absolute Gasteiger partial charge is 0.195 e. The third kappa shape index (κ3) is 4.53. The number of aromatic nitrogens is 2. The van der Waals surface area contributed by atoms with Crippen LogP contribution < -0.4 is 0 Å². The molecule has 6 heteroatoms. The molecule has 158 valence electrons. The summed E-state index contributed by atoms with van der Waals surface area (Å²) in [6.07, 6.45) is 4.57. The molecule has 0 fully saturated rings. The lowest BCUT2D eigenvalue weighted by Gasteiger charge is -2.17. The van der Waals surface area contributed by atoms with Crippen molar-refractivity contribution in [3.63, 3.8) is 0 Å². The van der Waals surface area contributed by atoms with Gasteiger partial charge >= 0.3 is 0 Å². The fraction of sp³-hybridized carbons (Fsp3) is 0.320. The molecule has 2 aromatic carbocycles. The fourth-order valence-corrected chi connectivity index (χ4v) is 4.91. The molecule has 5 nitrogen and oxygen atoms in total. The fourth-order valence-electron chi connectivity index (χ4n) is 3.87. The Morgan fingerprint density at radius 2 is 2.00 bits per heavy atom. The molecule has 31 heavy (non-hydrogen) atoms. The SMILES string of the molecule is CCN(CC)CCCCC(=O)c1ccc2c(c1)sc1nc(-c3cccc(C#N)c3)cn12. The van der Waals surface area contributed by atoms with Gasteiger partial charge in [0, 0.05) is 23.7 Å². The molecule has 0 radical (unpaired) electrons. The molecule has 0 unspecified atom stereocenters. The Bertz CT molecular complexity index is 1260. The second kappa shape index (κ2) is 9.42. The van der Waals surface area contributed by atoms with Gasteiger partial charge in [-0.2, -0.15) is 5.26 Å². The van der Waals surface area contributed by atoms with E-state index in [1.54, 1.807) is 17.4 Å². The Morgan fingerprint density at radius 3 is 2.77 bits per heavy atom. The summed E-state index contributed by atoms with van der Waals surface area (Å²) >= 11 is 1.58. The van der Waals surface area contributed by atoms with E-state index in [0.717, 1.165) is 64.5 Å². The standard InChI is InChI=1S/C25H26N4OS/c1-3-28(4-2)13-6-5-10-23(30)20-11-12-22-24(15-20)31-25-27-21(17-29(22)25)19-9-7-8-18(14-19)16-26/h7-9,11-12,14-15,17H,3-6,10,13H2,1-2H3. The van der Waals surface area contributed by atoms with Gasteiger partial charge in [-0.25, -0.2) is 4.98 Å². The number of ketones is 1. The van der Waals surface area contributed by atoms with Crippen LogP contribution >= 0.6 is 11.3 Å². The number of carbonyl (C=O) groups excluding carboxylic acids is 1. The van der Waals surface area contributed by atoms with E-state index in [1.165, 1.54) is 0 Å². The van der Waals surface area contributed by atoms with E-state index in [9.17, 15) is 4.79 Å². The second-order valence-corrected chi connectivity index (χ2v) is 8.67. The molecule has 0 spiro atoms.